The average molecular weight is 223 g/mol. The van der Waals surface area contributed by atoms with E-state index in [-0.39, 0.29) is 0 Å². The number of nitrogens with one attached hydrogen (secondary N) is 1. The van der Waals surface area contributed by atoms with Gasteiger partial charge in [0.15, 0.2) is 0 Å². The summed E-state index contributed by atoms with van der Waals surface area (Å²) in [5.74, 6) is 1.92. The van der Waals surface area contributed by atoms with E-state index in [1.54, 1.807) is 0 Å². The molecule has 1 heterocycles. The molecule has 3 nitrogen and oxygen atoms in total. The molecule has 0 aromatic carbocycles. The molecule has 0 bridgehead atoms. The van der Waals surface area contributed by atoms with E-state index in [4.69, 9.17) is 9.15 Å². The molecule has 1 fully saturated rings. The topological polar surface area (TPSA) is 34.4 Å². The Balaban J connectivity index is 1.73. The molecule has 1 aliphatic rings. The quantitative estimate of drug-likeness (QED) is 0.805. The highest BCUT2D eigenvalue weighted by Gasteiger charge is 2.18. The van der Waals surface area contributed by atoms with Gasteiger partial charge in [0.1, 0.15) is 18.1 Å². The molecule has 0 saturated heterocycles. The summed E-state index contributed by atoms with van der Waals surface area (Å²) in [6.07, 6.45) is 4.21. The highest BCUT2D eigenvalue weighted by Crippen LogP contribution is 2.23. The third-order valence-electron chi connectivity index (χ3n) is 2.92. The summed E-state index contributed by atoms with van der Waals surface area (Å²) in [7, 11) is 0. The second-order valence-corrected chi connectivity index (χ2v) is 4.77. The molecule has 0 radical (unpaired) electrons. The smallest absolute Gasteiger partial charge is 0.129 e. The third kappa shape index (κ3) is 3.35. The molecule has 3 heteroatoms. The second kappa shape index (κ2) is 5.51. The fourth-order valence-corrected chi connectivity index (χ4v) is 1.64. The first kappa shape index (κ1) is 11.7. The van der Waals surface area contributed by atoms with Gasteiger partial charge in [-0.3, -0.25) is 0 Å². The summed E-state index contributed by atoms with van der Waals surface area (Å²) in [5, 5.41) is 3.33. The number of hydrogen-bond acceptors (Lipinski definition) is 3. The molecule has 90 valence electrons. The summed E-state index contributed by atoms with van der Waals surface area (Å²) in [6, 6.07) is 4.52. The highest BCUT2D eigenvalue weighted by molar-refractivity contribution is 5.06. The zero-order chi connectivity index (χ0) is 11.4. The number of ether oxygens (including phenoxy) is 1. The highest BCUT2D eigenvalue weighted by atomic mass is 16.5. The van der Waals surface area contributed by atoms with Gasteiger partial charge >= 0.3 is 0 Å². The summed E-state index contributed by atoms with van der Waals surface area (Å²) in [4.78, 5) is 0. The van der Waals surface area contributed by atoms with Crippen molar-refractivity contribution in [1.82, 2.24) is 5.32 Å². The number of furan rings is 1. The van der Waals surface area contributed by atoms with Crippen LogP contribution in [0.5, 0.6) is 0 Å². The Morgan fingerprint density at radius 1 is 1.38 bits per heavy atom. The lowest BCUT2D eigenvalue weighted by molar-refractivity contribution is -0.0160. The van der Waals surface area contributed by atoms with Crippen LogP contribution in [0.25, 0.3) is 0 Å². The molecule has 1 saturated carbocycles. The van der Waals surface area contributed by atoms with Gasteiger partial charge in [0, 0.05) is 6.04 Å². The minimum Gasteiger partial charge on any atom is -0.462 e. The lowest BCUT2D eigenvalue weighted by Crippen LogP contribution is -2.21. The lowest BCUT2D eigenvalue weighted by Gasteiger charge is -2.24. The van der Waals surface area contributed by atoms with E-state index >= 15 is 0 Å². The fraction of sp³-hybridized carbons (Fsp3) is 0.692. The average Bonchev–Trinajstić information content (AvgIpc) is 2.60. The van der Waals surface area contributed by atoms with Crippen LogP contribution < -0.4 is 5.32 Å². The van der Waals surface area contributed by atoms with E-state index in [0.29, 0.717) is 18.8 Å². The minimum atomic E-state index is 0.474. The standard InChI is InChI=1S/C13H21NO2/c1-10(2)14-8-12-6-7-13(16-12)9-15-11-4-3-5-11/h6-7,10-11,14H,3-5,8-9H2,1-2H3. The van der Waals surface area contributed by atoms with Gasteiger partial charge in [0.2, 0.25) is 0 Å². The van der Waals surface area contributed by atoms with Gasteiger partial charge in [-0.05, 0) is 31.4 Å². The van der Waals surface area contributed by atoms with Crippen molar-refractivity contribution in [2.24, 2.45) is 0 Å². The maximum absolute atomic E-state index is 5.69. The van der Waals surface area contributed by atoms with E-state index in [1.807, 2.05) is 12.1 Å². The van der Waals surface area contributed by atoms with Crippen molar-refractivity contribution in [2.45, 2.75) is 58.4 Å². The van der Waals surface area contributed by atoms with Gasteiger partial charge in [-0.25, -0.2) is 0 Å². The van der Waals surface area contributed by atoms with Gasteiger partial charge in [0.05, 0.1) is 12.6 Å². The van der Waals surface area contributed by atoms with Crippen molar-refractivity contribution in [2.75, 3.05) is 0 Å². The Bertz CT molecular complexity index is 315. The predicted molar refractivity (Wildman–Crippen MR) is 63.1 cm³/mol. The first-order valence-electron chi connectivity index (χ1n) is 6.16. The second-order valence-electron chi connectivity index (χ2n) is 4.77. The van der Waals surface area contributed by atoms with Crippen LogP contribution in [0.1, 0.15) is 44.6 Å². The summed E-state index contributed by atoms with van der Waals surface area (Å²) < 4.78 is 11.4. The Labute approximate surface area is 97.2 Å². The maximum atomic E-state index is 5.69. The molecule has 0 aliphatic heterocycles. The summed E-state index contributed by atoms with van der Waals surface area (Å²) in [6.45, 7) is 5.67. The fourth-order valence-electron chi connectivity index (χ4n) is 1.64. The van der Waals surface area contributed by atoms with Gasteiger partial charge in [-0.2, -0.15) is 0 Å². The molecular formula is C13H21NO2. The van der Waals surface area contributed by atoms with Crippen LogP contribution in [0, 0.1) is 0 Å². The van der Waals surface area contributed by atoms with Crippen LogP contribution in [0.4, 0.5) is 0 Å². The molecule has 0 atom stereocenters. The first-order valence-corrected chi connectivity index (χ1v) is 6.16. The van der Waals surface area contributed by atoms with E-state index in [0.717, 1.165) is 18.1 Å². The zero-order valence-corrected chi connectivity index (χ0v) is 10.2. The SMILES string of the molecule is CC(C)NCc1ccc(COC2CCC2)o1. The Morgan fingerprint density at radius 3 is 2.75 bits per heavy atom. The lowest BCUT2D eigenvalue weighted by atomic mass is 9.96. The van der Waals surface area contributed by atoms with Crippen LogP contribution in [0.15, 0.2) is 16.5 Å². The number of hydrogen-bond donors (Lipinski definition) is 1. The molecular weight excluding hydrogens is 202 g/mol. The van der Waals surface area contributed by atoms with Crippen molar-refractivity contribution < 1.29 is 9.15 Å². The molecule has 16 heavy (non-hydrogen) atoms. The van der Waals surface area contributed by atoms with Crippen molar-refractivity contribution in [3.63, 3.8) is 0 Å². The van der Waals surface area contributed by atoms with Crippen LogP contribution >= 0.6 is 0 Å². The Kier molecular flexibility index (Phi) is 4.02. The third-order valence-corrected chi connectivity index (χ3v) is 2.92. The van der Waals surface area contributed by atoms with Crippen LogP contribution in [-0.4, -0.2) is 12.1 Å². The van der Waals surface area contributed by atoms with Crippen LogP contribution in [-0.2, 0) is 17.9 Å². The van der Waals surface area contributed by atoms with Crippen LogP contribution in [0.3, 0.4) is 0 Å². The van der Waals surface area contributed by atoms with E-state index in [1.165, 1.54) is 19.3 Å². The number of rotatable bonds is 6. The van der Waals surface area contributed by atoms with E-state index in [9.17, 15) is 0 Å². The van der Waals surface area contributed by atoms with Gasteiger partial charge < -0.3 is 14.5 Å². The summed E-state index contributed by atoms with van der Waals surface area (Å²) >= 11 is 0. The van der Waals surface area contributed by atoms with Gasteiger partial charge in [-0.15, -0.1) is 0 Å². The largest absolute Gasteiger partial charge is 0.462 e. The molecule has 2 rings (SSSR count). The monoisotopic (exact) mass is 223 g/mol. The Hall–Kier alpha value is -0.800. The van der Waals surface area contributed by atoms with Crippen molar-refractivity contribution in [3.8, 4) is 0 Å². The summed E-state index contributed by atoms with van der Waals surface area (Å²) in [5.41, 5.74) is 0. The Morgan fingerprint density at radius 2 is 2.12 bits per heavy atom. The molecule has 1 aliphatic carbocycles. The van der Waals surface area contributed by atoms with E-state index < -0.39 is 0 Å². The van der Waals surface area contributed by atoms with E-state index in [2.05, 4.69) is 19.2 Å². The van der Waals surface area contributed by atoms with Crippen LogP contribution in [0.2, 0.25) is 0 Å². The normalized spacial score (nSPS) is 16.7. The minimum absolute atomic E-state index is 0.474. The molecule has 1 aromatic heterocycles. The predicted octanol–water partition coefficient (Wildman–Crippen LogP) is 2.85. The molecule has 0 spiro atoms. The molecule has 0 unspecified atom stereocenters. The first-order chi connectivity index (χ1) is 7.74. The van der Waals surface area contributed by atoms with Crippen molar-refractivity contribution in [3.05, 3.63) is 23.7 Å². The van der Waals surface area contributed by atoms with Gasteiger partial charge in [0.25, 0.3) is 0 Å². The molecule has 1 N–H and O–H groups in total. The molecule has 0 amide bonds. The van der Waals surface area contributed by atoms with Gasteiger partial charge in [-0.1, -0.05) is 13.8 Å². The van der Waals surface area contributed by atoms with Crippen molar-refractivity contribution in [1.29, 1.82) is 0 Å². The maximum Gasteiger partial charge on any atom is 0.129 e. The molecule has 1 aromatic rings. The van der Waals surface area contributed by atoms with Crippen molar-refractivity contribution >= 4 is 0 Å². The zero-order valence-electron chi connectivity index (χ0n) is 10.2.